The summed E-state index contributed by atoms with van der Waals surface area (Å²) in [6, 6.07) is 6.56. The van der Waals surface area contributed by atoms with Crippen LogP contribution >= 0.6 is 0 Å². The lowest BCUT2D eigenvalue weighted by Gasteiger charge is -2.20. The van der Waals surface area contributed by atoms with Gasteiger partial charge < -0.3 is 16.0 Å². The monoisotopic (exact) mass is 247 g/mol. The van der Waals surface area contributed by atoms with Gasteiger partial charge >= 0.3 is 0 Å². The third kappa shape index (κ3) is 3.01. The Kier molecular flexibility index (Phi) is 3.87. The molecule has 2 rings (SSSR count). The number of hydrogen-bond donors (Lipinski definition) is 2. The van der Waals surface area contributed by atoms with Gasteiger partial charge in [-0.1, -0.05) is 0 Å². The Morgan fingerprint density at radius 2 is 2.33 bits per heavy atom. The van der Waals surface area contributed by atoms with Crippen LogP contribution in [-0.2, 0) is 4.79 Å². The van der Waals surface area contributed by atoms with Crippen molar-refractivity contribution in [2.24, 2.45) is 0 Å². The SMILES string of the molecule is CC(=O)CNC1CCN(c2ccc(N)c(C)c2)C1. The molecule has 0 spiro atoms. The summed E-state index contributed by atoms with van der Waals surface area (Å²) in [5, 5.41) is 3.29. The number of rotatable bonds is 4. The lowest BCUT2D eigenvalue weighted by atomic mass is 10.2. The first-order chi connectivity index (χ1) is 8.56. The van der Waals surface area contributed by atoms with Crippen molar-refractivity contribution in [2.75, 3.05) is 30.3 Å². The van der Waals surface area contributed by atoms with Gasteiger partial charge in [-0.3, -0.25) is 4.79 Å². The Labute approximate surface area is 108 Å². The molecule has 0 amide bonds. The van der Waals surface area contributed by atoms with E-state index in [0.717, 1.165) is 30.8 Å². The smallest absolute Gasteiger partial charge is 0.143 e. The number of ketones is 1. The van der Waals surface area contributed by atoms with Gasteiger partial charge in [0, 0.05) is 30.5 Å². The van der Waals surface area contributed by atoms with Crippen molar-refractivity contribution < 1.29 is 4.79 Å². The van der Waals surface area contributed by atoms with E-state index in [1.54, 1.807) is 6.92 Å². The van der Waals surface area contributed by atoms with Crippen molar-refractivity contribution in [1.29, 1.82) is 0 Å². The Hall–Kier alpha value is -1.55. The molecular formula is C14H21N3O. The maximum atomic E-state index is 10.9. The highest BCUT2D eigenvalue weighted by Crippen LogP contribution is 2.24. The molecule has 1 aromatic carbocycles. The Bertz CT molecular complexity index is 445. The van der Waals surface area contributed by atoms with Crippen LogP contribution in [0.5, 0.6) is 0 Å². The largest absolute Gasteiger partial charge is 0.399 e. The fourth-order valence-corrected chi connectivity index (χ4v) is 2.31. The fraction of sp³-hybridized carbons (Fsp3) is 0.500. The van der Waals surface area contributed by atoms with Crippen molar-refractivity contribution in [2.45, 2.75) is 26.3 Å². The number of Topliss-reactive ketones (excluding diaryl/α,β-unsaturated/α-hetero) is 1. The number of nitrogens with two attached hydrogens (primary N) is 1. The summed E-state index contributed by atoms with van der Waals surface area (Å²) in [6.45, 7) is 6.10. The van der Waals surface area contributed by atoms with Gasteiger partial charge in [-0.15, -0.1) is 0 Å². The minimum atomic E-state index is 0.191. The summed E-state index contributed by atoms with van der Waals surface area (Å²) in [5.74, 6) is 0.191. The minimum absolute atomic E-state index is 0.191. The molecule has 18 heavy (non-hydrogen) atoms. The fourth-order valence-electron chi connectivity index (χ4n) is 2.31. The second-order valence-electron chi connectivity index (χ2n) is 5.06. The van der Waals surface area contributed by atoms with Crippen LogP contribution in [0.1, 0.15) is 18.9 Å². The highest BCUT2D eigenvalue weighted by Gasteiger charge is 2.22. The predicted octanol–water partition coefficient (Wildman–Crippen LogP) is 1.33. The number of nitrogens with zero attached hydrogens (tertiary/aromatic N) is 1. The molecule has 98 valence electrons. The van der Waals surface area contributed by atoms with Gasteiger partial charge in [0.05, 0.1) is 6.54 Å². The molecule has 0 aliphatic carbocycles. The van der Waals surface area contributed by atoms with E-state index in [-0.39, 0.29) is 5.78 Å². The van der Waals surface area contributed by atoms with Crippen LogP contribution in [-0.4, -0.2) is 31.5 Å². The van der Waals surface area contributed by atoms with E-state index < -0.39 is 0 Å². The molecule has 1 fully saturated rings. The van der Waals surface area contributed by atoms with Crippen LogP contribution < -0.4 is 16.0 Å². The number of hydrogen-bond acceptors (Lipinski definition) is 4. The molecule has 0 saturated carbocycles. The van der Waals surface area contributed by atoms with Crippen LogP contribution in [0.3, 0.4) is 0 Å². The average Bonchev–Trinajstić information content (AvgIpc) is 2.79. The molecule has 0 aromatic heterocycles. The second kappa shape index (κ2) is 5.40. The predicted molar refractivity (Wildman–Crippen MR) is 74.9 cm³/mol. The van der Waals surface area contributed by atoms with Gasteiger partial charge in [0.15, 0.2) is 0 Å². The molecule has 1 saturated heterocycles. The van der Waals surface area contributed by atoms with E-state index in [1.165, 1.54) is 5.69 Å². The molecule has 4 nitrogen and oxygen atoms in total. The maximum Gasteiger partial charge on any atom is 0.143 e. The Morgan fingerprint density at radius 3 is 3.00 bits per heavy atom. The van der Waals surface area contributed by atoms with Crippen molar-refractivity contribution >= 4 is 17.2 Å². The molecule has 0 bridgehead atoms. The number of nitrogens with one attached hydrogen (secondary N) is 1. The van der Waals surface area contributed by atoms with E-state index in [2.05, 4.69) is 22.3 Å². The van der Waals surface area contributed by atoms with Crippen LogP contribution in [0.25, 0.3) is 0 Å². The molecule has 1 aliphatic heterocycles. The van der Waals surface area contributed by atoms with Gasteiger partial charge in [-0.25, -0.2) is 0 Å². The summed E-state index contributed by atoms with van der Waals surface area (Å²) in [6.07, 6.45) is 1.08. The third-order valence-corrected chi connectivity index (χ3v) is 3.45. The number of anilines is 2. The molecule has 1 aliphatic rings. The molecule has 0 radical (unpaired) electrons. The zero-order valence-corrected chi connectivity index (χ0v) is 11.1. The van der Waals surface area contributed by atoms with E-state index >= 15 is 0 Å². The lowest BCUT2D eigenvalue weighted by Crippen LogP contribution is -2.35. The molecule has 1 unspecified atom stereocenters. The molecule has 3 N–H and O–H groups in total. The zero-order valence-electron chi connectivity index (χ0n) is 11.1. The van der Waals surface area contributed by atoms with Crippen molar-refractivity contribution in [3.05, 3.63) is 23.8 Å². The van der Waals surface area contributed by atoms with Crippen molar-refractivity contribution in [3.8, 4) is 0 Å². The highest BCUT2D eigenvalue weighted by molar-refractivity contribution is 5.77. The van der Waals surface area contributed by atoms with Crippen LogP contribution in [0.2, 0.25) is 0 Å². The number of carbonyl (C=O) groups is 1. The van der Waals surface area contributed by atoms with E-state index in [4.69, 9.17) is 5.73 Å². The topological polar surface area (TPSA) is 58.4 Å². The molecule has 4 heteroatoms. The maximum absolute atomic E-state index is 10.9. The quantitative estimate of drug-likeness (QED) is 0.788. The second-order valence-corrected chi connectivity index (χ2v) is 5.06. The first-order valence-electron chi connectivity index (χ1n) is 6.40. The van der Waals surface area contributed by atoms with E-state index in [0.29, 0.717) is 12.6 Å². The van der Waals surface area contributed by atoms with Gasteiger partial charge in [0.1, 0.15) is 5.78 Å². The average molecular weight is 247 g/mol. The van der Waals surface area contributed by atoms with Crippen molar-refractivity contribution in [1.82, 2.24) is 5.32 Å². The number of benzene rings is 1. The first-order valence-corrected chi connectivity index (χ1v) is 6.40. The highest BCUT2D eigenvalue weighted by atomic mass is 16.1. The van der Waals surface area contributed by atoms with Crippen molar-refractivity contribution in [3.63, 3.8) is 0 Å². The normalized spacial score (nSPS) is 19.2. The van der Waals surface area contributed by atoms with Crippen LogP contribution in [0.15, 0.2) is 18.2 Å². The van der Waals surface area contributed by atoms with Gasteiger partial charge in [0.25, 0.3) is 0 Å². The Morgan fingerprint density at radius 1 is 1.56 bits per heavy atom. The zero-order chi connectivity index (χ0) is 13.1. The first kappa shape index (κ1) is 12.9. The summed E-state index contributed by atoms with van der Waals surface area (Å²) in [7, 11) is 0. The molecule has 1 heterocycles. The van der Waals surface area contributed by atoms with Crippen LogP contribution in [0, 0.1) is 6.92 Å². The van der Waals surface area contributed by atoms with E-state index in [1.807, 2.05) is 13.0 Å². The third-order valence-electron chi connectivity index (χ3n) is 3.45. The number of carbonyl (C=O) groups excluding carboxylic acids is 1. The standard InChI is InChI=1S/C14H21N3O/c1-10-7-13(3-4-14(10)15)17-6-5-12(9-17)16-8-11(2)18/h3-4,7,12,16H,5-6,8-9,15H2,1-2H3. The minimum Gasteiger partial charge on any atom is -0.399 e. The summed E-state index contributed by atoms with van der Waals surface area (Å²) < 4.78 is 0. The summed E-state index contributed by atoms with van der Waals surface area (Å²) in [4.78, 5) is 13.3. The van der Waals surface area contributed by atoms with Gasteiger partial charge in [0.2, 0.25) is 0 Å². The molecule has 1 atom stereocenters. The number of aryl methyl sites for hydroxylation is 1. The Balaban J connectivity index is 1.95. The number of nitrogen functional groups attached to an aromatic ring is 1. The summed E-state index contributed by atoms with van der Waals surface area (Å²) >= 11 is 0. The van der Waals surface area contributed by atoms with Crippen LogP contribution in [0.4, 0.5) is 11.4 Å². The summed E-state index contributed by atoms with van der Waals surface area (Å²) in [5.41, 5.74) is 9.00. The van der Waals surface area contributed by atoms with Gasteiger partial charge in [-0.05, 0) is 44.0 Å². The lowest BCUT2D eigenvalue weighted by molar-refractivity contribution is -0.116. The van der Waals surface area contributed by atoms with Gasteiger partial charge in [-0.2, -0.15) is 0 Å². The van der Waals surface area contributed by atoms with E-state index in [9.17, 15) is 4.79 Å². The molecule has 1 aromatic rings. The molecular weight excluding hydrogens is 226 g/mol.